The third-order valence-electron chi connectivity index (χ3n) is 3.60. The van der Waals surface area contributed by atoms with E-state index in [4.69, 9.17) is 6.57 Å². The molecule has 2 heterocycles. The Morgan fingerprint density at radius 1 is 1.36 bits per heavy atom. The number of anilines is 1. The second kappa shape index (κ2) is 5.34. The summed E-state index contributed by atoms with van der Waals surface area (Å²) in [6, 6.07) is 10.0. The molecule has 0 radical (unpaired) electrons. The Bertz CT molecular complexity index is 901. The van der Waals surface area contributed by atoms with Crippen LogP contribution in [0.2, 0.25) is 0 Å². The minimum absolute atomic E-state index is 0.456. The van der Waals surface area contributed by atoms with Crippen LogP contribution < -0.4 is 4.90 Å². The molecule has 0 spiro atoms. The van der Waals surface area contributed by atoms with Gasteiger partial charge in [-0.25, -0.2) is 14.3 Å². The van der Waals surface area contributed by atoms with Crippen molar-refractivity contribution in [3.63, 3.8) is 0 Å². The van der Waals surface area contributed by atoms with Gasteiger partial charge in [0.1, 0.15) is 0 Å². The predicted octanol–water partition coefficient (Wildman–Crippen LogP) is 3.92. The van der Waals surface area contributed by atoms with Crippen molar-refractivity contribution in [3.8, 4) is 11.3 Å². The molecule has 0 amide bonds. The zero-order valence-corrected chi connectivity index (χ0v) is 12.5. The van der Waals surface area contributed by atoms with E-state index >= 15 is 0 Å². The summed E-state index contributed by atoms with van der Waals surface area (Å²) in [7, 11) is 1.98. The Kier molecular flexibility index (Phi) is 3.36. The minimum atomic E-state index is 0.456. The molecular weight excluding hydrogens is 274 g/mol. The lowest BCUT2D eigenvalue weighted by Gasteiger charge is -2.19. The van der Waals surface area contributed by atoms with Crippen molar-refractivity contribution in [1.29, 1.82) is 0 Å². The molecule has 0 saturated carbocycles. The topological polar surface area (TPSA) is 37.8 Å². The Labute approximate surface area is 129 Å². The van der Waals surface area contributed by atoms with Gasteiger partial charge < -0.3 is 4.90 Å². The van der Waals surface area contributed by atoms with E-state index in [0.29, 0.717) is 11.3 Å². The van der Waals surface area contributed by atoms with Gasteiger partial charge in [0.25, 0.3) is 0 Å². The SMILES string of the molecule is [C-]#[N+]c1cnn2c(-c3cccc(N(C)C(=C)C)c3)ccnc12. The molecule has 22 heavy (non-hydrogen) atoms. The Hall–Kier alpha value is -3.13. The van der Waals surface area contributed by atoms with E-state index in [1.165, 1.54) is 0 Å². The maximum atomic E-state index is 7.17. The molecule has 3 rings (SSSR count). The second-order valence-corrected chi connectivity index (χ2v) is 5.05. The second-order valence-electron chi connectivity index (χ2n) is 5.05. The van der Waals surface area contributed by atoms with E-state index in [1.807, 2.05) is 43.1 Å². The lowest BCUT2D eigenvalue weighted by molar-refractivity contribution is 0.947. The summed E-state index contributed by atoms with van der Waals surface area (Å²) in [4.78, 5) is 9.72. The monoisotopic (exact) mass is 289 g/mol. The van der Waals surface area contributed by atoms with Crippen LogP contribution >= 0.6 is 0 Å². The summed E-state index contributed by atoms with van der Waals surface area (Å²) in [5.74, 6) is 0. The minimum Gasteiger partial charge on any atom is -0.349 e. The zero-order chi connectivity index (χ0) is 15.7. The largest absolute Gasteiger partial charge is 0.349 e. The van der Waals surface area contributed by atoms with Crippen LogP contribution in [-0.2, 0) is 0 Å². The molecule has 108 valence electrons. The number of hydrogen-bond acceptors (Lipinski definition) is 3. The Morgan fingerprint density at radius 2 is 2.18 bits per heavy atom. The van der Waals surface area contributed by atoms with Gasteiger partial charge in [0, 0.05) is 30.2 Å². The van der Waals surface area contributed by atoms with E-state index in [0.717, 1.165) is 22.6 Å². The summed E-state index contributed by atoms with van der Waals surface area (Å²) >= 11 is 0. The van der Waals surface area contributed by atoms with Crippen LogP contribution in [0.15, 0.2) is 55.0 Å². The standard InChI is InChI=1S/C17H15N5/c1-12(2)21(4)14-7-5-6-13(10-14)16-8-9-19-17-15(18-3)11-20-22(16)17/h5-11H,1H2,2,4H3. The van der Waals surface area contributed by atoms with Crippen molar-refractivity contribution in [2.24, 2.45) is 0 Å². The number of aromatic nitrogens is 3. The number of fused-ring (bicyclic) bond motifs is 1. The molecule has 0 bridgehead atoms. The fraction of sp³-hybridized carbons (Fsp3) is 0.118. The number of benzene rings is 1. The lowest BCUT2D eigenvalue weighted by atomic mass is 10.1. The summed E-state index contributed by atoms with van der Waals surface area (Å²) in [5.41, 5.74) is 4.96. The number of rotatable bonds is 3. The first-order valence-corrected chi connectivity index (χ1v) is 6.81. The first kappa shape index (κ1) is 13.8. The molecular formula is C17H15N5. The average Bonchev–Trinajstić information content (AvgIpc) is 2.97. The summed E-state index contributed by atoms with van der Waals surface area (Å²) in [5, 5.41) is 4.28. The van der Waals surface area contributed by atoms with Crippen LogP contribution in [0.5, 0.6) is 0 Å². The molecule has 0 aliphatic carbocycles. The number of nitrogens with zero attached hydrogens (tertiary/aromatic N) is 5. The highest BCUT2D eigenvalue weighted by Gasteiger charge is 2.11. The third kappa shape index (κ3) is 2.21. The van der Waals surface area contributed by atoms with Crippen LogP contribution in [0.4, 0.5) is 11.4 Å². The van der Waals surface area contributed by atoms with Crippen molar-refractivity contribution in [1.82, 2.24) is 14.6 Å². The molecule has 0 N–H and O–H groups in total. The smallest absolute Gasteiger partial charge is 0.250 e. The van der Waals surface area contributed by atoms with Crippen molar-refractivity contribution in [2.45, 2.75) is 6.92 Å². The summed E-state index contributed by atoms with van der Waals surface area (Å²) in [6.45, 7) is 13.1. The number of hydrogen-bond donors (Lipinski definition) is 0. The molecule has 0 aliphatic heterocycles. The maximum absolute atomic E-state index is 7.17. The number of allylic oxidation sites excluding steroid dienone is 1. The third-order valence-corrected chi connectivity index (χ3v) is 3.60. The van der Waals surface area contributed by atoms with Crippen LogP contribution in [0.25, 0.3) is 21.7 Å². The average molecular weight is 289 g/mol. The van der Waals surface area contributed by atoms with Gasteiger partial charge in [-0.2, -0.15) is 5.10 Å². The van der Waals surface area contributed by atoms with Crippen LogP contribution in [0.1, 0.15) is 6.92 Å². The van der Waals surface area contributed by atoms with E-state index in [1.54, 1.807) is 16.9 Å². The van der Waals surface area contributed by atoms with Gasteiger partial charge in [0.15, 0.2) is 5.65 Å². The zero-order valence-electron chi connectivity index (χ0n) is 12.5. The normalized spacial score (nSPS) is 10.4. The summed E-state index contributed by atoms with van der Waals surface area (Å²) < 4.78 is 1.70. The van der Waals surface area contributed by atoms with Crippen LogP contribution in [0.3, 0.4) is 0 Å². The first-order chi connectivity index (χ1) is 10.6. The van der Waals surface area contributed by atoms with Crippen LogP contribution in [0, 0.1) is 6.57 Å². The molecule has 3 aromatic rings. The van der Waals surface area contributed by atoms with Gasteiger partial charge >= 0.3 is 0 Å². The van der Waals surface area contributed by atoms with E-state index in [2.05, 4.69) is 27.6 Å². The first-order valence-electron chi connectivity index (χ1n) is 6.81. The van der Waals surface area contributed by atoms with E-state index in [-0.39, 0.29) is 0 Å². The fourth-order valence-electron chi connectivity index (χ4n) is 2.27. The van der Waals surface area contributed by atoms with Crippen molar-refractivity contribution >= 4 is 17.0 Å². The van der Waals surface area contributed by atoms with E-state index < -0.39 is 0 Å². The van der Waals surface area contributed by atoms with Crippen molar-refractivity contribution in [3.05, 3.63) is 66.4 Å². The molecule has 0 unspecified atom stereocenters. The molecule has 5 nitrogen and oxygen atoms in total. The molecule has 1 aromatic carbocycles. The van der Waals surface area contributed by atoms with Gasteiger partial charge in [-0.05, 0) is 25.1 Å². The predicted molar refractivity (Wildman–Crippen MR) is 87.9 cm³/mol. The van der Waals surface area contributed by atoms with Gasteiger partial charge in [-0.1, -0.05) is 18.7 Å². The highest BCUT2D eigenvalue weighted by Crippen LogP contribution is 2.27. The quantitative estimate of drug-likeness (QED) is 0.686. The van der Waals surface area contributed by atoms with Gasteiger partial charge in [0.05, 0.1) is 18.5 Å². The molecule has 5 heteroatoms. The van der Waals surface area contributed by atoms with Gasteiger partial charge in [-0.3, -0.25) is 0 Å². The highest BCUT2D eigenvalue weighted by atomic mass is 15.3. The molecule has 0 saturated heterocycles. The van der Waals surface area contributed by atoms with Crippen molar-refractivity contribution in [2.75, 3.05) is 11.9 Å². The van der Waals surface area contributed by atoms with E-state index in [9.17, 15) is 0 Å². The van der Waals surface area contributed by atoms with Gasteiger partial charge in [0.2, 0.25) is 5.69 Å². The fourth-order valence-corrected chi connectivity index (χ4v) is 2.27. The molecule has 0 aliphatic rings. The highest BCUT2D eigenvalue weighted by molar-refractivity contribution is 5.73. The Morgan fingerprint density at radius 3 is 2.91 bits per heavy atom. The molecule has 0 fully saturated rings. The maximum Gasteiger partial charge on any atom is 0.250 e. The molecule has 2 aromatic heterocycles. The lowest BCUT2D eigenvalue weighted by Crippen LogP contribution is -2.13. The summed E-state index contributed by atoms with van der Waals surface area (Å²) in [6.07, 6.45) is 3.25. The van der Waals surface area contributed by atoms with Crippen LogP contribution in [-0.4, -0.2) is 21.6 Å². The van der Waals surface area contributed by atoms with Crippen molar-refractivity contribution < 1.29 is 0 Å². The Balaban J connectivity index is 2.16. The molecule has 0 atom stereocenters. The van der Waals surface area contributed by atoms with Gasteiger partial charge in [-0.15, -0.1) is 0 Å².